The summed E-state index contributed by atoms with van der Waals surface area (Å²) in [5, 5.41) is 12.0. The van der Waals surface area contributed by atoms with E-state index < -0.39 is 17.7 Å². The van der Waals surface area contributed by atoms with Crippen molar-refractivity contribution in [3.8, 4) is 11.1 Å². The molecule has 0 aliphatic rings. The summed E-state index contributed by atoms with van der Waals surface area (Å²) in [7, 11) is 0. The molecule has 1 aromatic heterocycles. The third-order valence-corrected chi connectivity index (χ3v) is 5.45. The topological polar surface area (TPSA) is 88.5 Å². The summed E-state index contributed by atoms with van der Waals surface area (Å²) in [5.41, 5.74) is 3.75. The number of aryl methyl sites for hydroxylation is 1. The van der Waals surface area contributed by atoms with Gasteiger partial charge in [0.15, 0.2) is 0 Å². The monoisotopic (exact) mass is 470 g/mol. The molecule has 3 aromatic carbocycles. The van der Waals surface area contributed by atoms with Gasteiger partial charge in [0.2, 0.25) is 0 Å². The first-order valence-corrected chi connectivity index (χ1v) is 10.9. The Morgan fingerprint density at radius 2 is 1.54 bits per heavy atom. The van der Waals surface area contributed by atoms with Gasteiger partial charge in [-0.05, 0) is 53.9 Å². The second kappa shape index (κ2) is 10.7. The third-order valence-electron chi connectivity index (χ3n) is 5.45. The van der Waals surface area contributed by atoms with E-state index in [2.05, 4.69) is 10.3 Å². The van der Waals surface area contributed by atoms with Crippen LogP contribution < -0.4 is 5.32 Å². The molecule has 176 valence electrons. The van der Waals surface area contributed by atoms with E-state index >= 15 is 0 Å². The lowest BCUT2D eigenvalue weighted by molar-refractivity contribution is 0.0695. The van der Waals surface area contributed by atoms with E-state index in [1.807, 2.05) is 42.5 Å². The summed E-state index contributed by atoms with van der Waals surface area (Å²) in [6.45, 7) is 2.51. The van der Waals surface area contributed by atoms with Crippen LogP contribution in [0.15, 0.2) is 85.1 Å². The van der Waals surface area contributed by atoms with Crippen molar-refractivity contribution < 1.29 is 23.8 Å². The van der Waals surface area contributed by atoms with Crippen molar-refractivity contribution in [2.24, 2.45) is 0 Å². The van der Waals surface area contributed by atoms with Crippen molar-refractivity contribution in [3.63, 3.8) is 0 Å². The highest BCUT2D eigenvalue weighted by Crippen LogP contribution is 2.24. The predicted molar refractivity (Wildman–Crippen MR) is 131 cm³/mol. The summed E-state index contributed by atoms with van der Waals surface area (Å²) in [6.07, 6.45) is 1.50. The molecule has 0 spiro atoms. The molecule has 0 radical (unpaired) electrons. The van der Waals surface area contributed by atoms with E-state index in [4.69, 9.17) is 4.74 Å². The van der Waals surface area contributed by atoms with Gasteiger partial charge in [-0.25, -0.2) is 9.18 Å². The first-order chi connectivity index (χ1) is 16.9. The fourth-order valence-corrected chi connectivity index (χ4v) is 3.53. The molecule has 4 rings (SSSR count). The highest BCUT2D eigenvalue weighted by molar-refractivity contribution is 6.05. The van der Waals surface area contributed by atoms with Gasteiger partial charge < -0.3 is 15.2 Å². The molecule has 0 unspecified atom stereocenters. The van der Waals surface area contributed by atoms with Crippen LogP contribution in [-0.4, -0.2) is 22.0 Å². The molecule has 6 nitrogen and oxygen atoms in total. The van der Waals surface area contributed by atoms with Gasteiger partial charge in [-0.2, -0.15) is 0 Å². The SMILES string of the molecule is Cc1ncc(-c2ccc(F)c(C(=O)Nc3ccc(COCc4ccccc4)cc3)c2)cc1C(=O)O. The number of carboxylic acid groups (broad SMARTS) is 1. The Labute approximate surface area is 202 Å². The van der Waals surface area contributed by atoms with E-state index in [0.29, 0.717) is 35.7 Å². The average Bonchev–Trinajstić information content (AvgIpc) is 2.86. The zero-order valence-electron chi connectivity index (χ0n) is 19.0. The molecule has 0 fully saturated rings. The minimum atomic E-state index is -1.11. The lowest BCUT2D eigenvalue weighted by atomic mass is 10.0. The number of hydrogen-bond acceptors (Lipinski definition) is 4. The van der Waals surface area contributed by atoms with Gasteiger partial charge in [0, 0.05) is 17.4 Å². The highest BCUT2D eigenvalue weighted by Gasteiger charge is 2.16. The number of ether oxygens (including phenoxy) is 1. The normalized spacial score (nSPS) is 10.7. The molecule has 2 N–H and O–H groups in total. The molecule has 0 bridgehead atoms. The van der Waals surface area contributed by atoms with E-state index in [0.717, 1.165) is 11.1 Å². The average molecular weight is 471 g/mol. The largest absolute Gasteiger partial charge is 0.478 e. The van der Waals surface area contributed by atoms with Crippen LogP contribution in [0, 0.1) is 12.7 Å². The van der Waals surface area contributed by atoms with Crippen LogP contribution >= 0.6 is 0 Å². The third kappa shape index (κ3) is 5.96. The molecule has 0 aliphatic heterocycles. The van der Waals surface area contributed by atoms with Gasteiger partial charge in [-0.15, -0.1) is 0 Å². The smallest absolute Gasteiger partial charge is 0.337 e. The van der Waals surface area contributed by atoms with Crippen molar-refractivity contribution >= 4 is 17.6 Å². The maximum atomic E-state index is 14.5. The number of aromatic nitrogens is 1. The Morgan fingerprint density at radius 1 is 0.886 bits per heavy atom. The van der Waals surface area contributed by atoms with E-state index in [9.17, 15) is 19.1 Å². The number of nitrogens with one attached hydrogen (secondary N) is 1. The van der Waals surface area contributed by atoms with Crippen LogP contribution in [0.5, 0.6) is 0 Å². The number of hydrogen-bond donors (Lipinski definition) is 2. The molecular weight excluding hydrogens is 447 g/mol. The van der Waals surface area contributed by atoms with Gasteiger partial charge in [0.1, 0.15) is 5.82 Å². The predicted octanol–water partition coefficient (Wildman–Crippen LogP) is 5.86. The Kier molecular flexibility index (Phi) is 7.28. The number of carbonyl (C=O) groups excluding carboxylic acids is 1. The van der Waals surface area contributed by atoms with Gasteiger partial charge in [-0.1, -0.05) is 48.5 Å². The molecule has 0 aliphatic carbocycles. The van der Waals surface area contributed by atoms with Crippen LogP contribution in [0.4, 0.5) is 10.1 Å². The summed E-state index contributed by atoms with van der Waals surface area (Å²) < 4.78 is 20.2. The van der Waals surface area contributed by atoms with Crippen LogP contribution in [0.2, 0.25) is 0 Å². The molecule has 0 atom stereocenters. The van der Waals surface area contributed by atoms with Crippen LogP contribution in [0.1, 0.15) is 37.5 Å². The second-order valence-corrected chi connectivity index (χ2v) is 7.99. The Morgan fingerprint density at radius 3 is 2.23 bits per heavy atom. The minimum Gasteiger partial charge on any atom is -0.478 e. The van der Waals surface area contributed by atoms with Crippen molar-refractivity contribution in [1.82, 2.24) is 4.98 Å². The fraction of sp³-hybridized carbons (Fsp3) is 0.107. The number of amides is 1. The number of carbonyl (C=O) groups is 2. The molecule has 7 heteroatoms. The van der Waals surface area contributed by atoms with Crippen LogP contribution in [0.3, 0.4) is 0 Å². The molecule has 0 saturated heterocycles. The van der Waals surface area contributed by atoms with Crippen LogP contribution in [-0.2, 0) is 18.0 Å². The standard InChI is InChI=1S/C28H23FN2O4/c1-18-24(28(33)34)14-22(15-30-18)21-9-12-26(29)25(13-21)27(32)31-23-10-7-20(8-11-23)17-35-16-19-5-3-2-4-6-19/h2-15H,16-17H2,1H3,(H,31,32)(H,33,34). The van der Waals surface area contributed by atoms with Crippen LogP contribution in [0.25, 0.3) is 11.1 Å². The first kappa shape index (κ1) is 23.8. The van der Waals surface area contributed by atoms with Gasteiger partial charge in [0.05, 0.1) is 30.0 Å². The Hall–Kier alpha value is -4.36. The first-order valence-electron chi connectivity index (χ1n) is 10.9. The molecular formula is C28H23FN2O4. The number of anilines is 1. The maximum Gasteiger partial charge on any atom is 0.337 e. The quantitative estimate of drug-likeness (QED) is 0.337. The van der Waals surface area contributed by atoms with Crippen molar-refractivity contribution in [2.45, 2.75) is 20.1 Å². The van der Waals surface area contributed by atoms with Crippen molar-refractivity contribution in [1.29, 1.82) is 0 Å². The molecule has 0 saturated carbocycles. The summed E-state index contributed by atoms with van der Waals surface area (Å²) in [6, 6.07) is 22.5. The lowest BCUT2D eigenvalue weighted by Crippen LogP contribution is -2.14. The second-order valence-electron chi connectivity index (χ2n) is 7.99. The number of nitrogens with zero attached hydrogens (tertiary/aromatic N) is 1. The van der Waals surface area contributed by atoms with Gasteiger partial charge in [-0.3, -0.25) is 9.78 Å². The lowest BCUT2D eigenvalue weighted by Gasteiger charge is -2.10. The number of carboxylic acids is 1. The summed E-state index contributed by atoms with van der Waals surface area (Å²) >= 11 is 0. The van der Waals surface area contributed by atoms with E-state index in [1.54, 1.807) is 19.1 Å². The summed E-state index contributed by atoms with van der Waals surface area (Å²) in [4.78, 5) is 28.3. The van der Waals surface area contributed by atoms with Crippen molar-refractivity contribution in [2.75, 3.05) is 5.32 Å². The van der Waals surface area contributed by atoms with E-state index in [1.165, 1.54) is 30.5 Å². The number of rotatable bonds is 8. The van der Waals surface area contributed by atoms with E-state index in [-0.39, 0.29) is 11.1 Å². The number of aromatic carboxylic acids is 1. The number of pyridine rings is 1. The zero-order chi connectivity index (χ0) is 24.8. The molecule has 1 amide bonds. The number of halogens is 1. The van der Waals surface area contributed by atoms with Crippen molar-refractivity contribution in [3.05, 3.63) is 119 Å². The minimum absolute atomic E-state index is 0.0469. The Bertz CT molecular complexity index is 1360. The molecule has 35 heavy (non-hydrogen) atoms. The van der Waals surface area contributed by atoms with Gasteiger partial charge >= 0.3 is 5.97 Å². The molecule has 1 heterocycles. The fourth-order valence-electron chi connectivity index (χ4n) is 3.53. The number of benzene rings is 3. The highest BCUT2D eigenvalue weighted by atomic mass is 19.1. The Balaban J connectivity index is 1.43. The zero-order valence-corrected chi connectivity index (χ0v) is 19.0. The maximum absolute atomic E-state index is 14.5. The molecule has 4 aromatic rings. The summed E-state index contributed by atoms with van der Waals surface area (Å²) in [5.74, 6) is -2.41. The van der Waals surface area contributed by atoms with Gasteiger partial charge in [0.25, 0.3) is 5.91 Å².